The molecule has 3 heterocycles. The highest BCUT2D eigenvalue weighted by molar-refractivity contribution is 7.80. The summed E-state index contributed by atoms with van der Waals surface area (Å²) >= 11 is 6.38. The minimum absolute atomic E-state index is 0.0252. The van der Waals surface area contributed by atoms with E-state index >= 15 is 0 Å². The number of thiocarbonyl (C=S) groups is 1. The Balaban J connectivity index is 2.08. The van der Waals surface area contributed by atoms with E-state index in [4.69, 9.17) is 18.0 Å². The first-order chi connectivity index (χ1) is 10.3. The maximum absolute atomic E-state index is 12.2. The van der Waals surface area contributed by atoms with E-state index < -0.39 is 18.0 Å². The van der Waals surface area contributed by atoms with Crippen molar-refractivity contribution in [3.8, 4) is 0 Å². The van der Waals surface area contributed by atoms with E-state index in [1.807, 2.05) is 0 Å². The van der Waals surface area contributed by atoms with E-state index in [9.17, 15) is 19.8 Å². The summed E-state index contributed by atoms with van der Waals surface area (Å²) < 4.78 is 0. The molecular formula is C14H14N2O4S2. The molecule has 0 saturated carbocycles. The van der Waals surface area contributed by atoms with Gasteiger partial charge in [0.05, 0.1) is 18.1 Å². The molecular weight excluding hydrogens is 324 g/mol. The molecule has 0 radical (unpaired) electrons. The number of fused-ring (bicyclic) bond motifs is 1. The van der Waals surface area contributed by atoms with Gasteiger partial charge in [-0.05, 0) is 24.3 Å². The molecule has 2 aliphatic heterocycles. The number of carboxylic acid groups (broad SMARTS) is 1. The molecule has 22 heavy (non-hydrogen) atoms. The smallest absolute Gasteiger partial charge is 0.352 e. The van der Waals surface area contributed by atoms with Crippen LogP contribution in [0, 0.1) is 5.92 Å². The molecule has 4 N–H and O–H groups in total. The number of carbonyl (C=O) groups is 2. The lowest BCUT2D eigenvalue weighted by Gasteiger charge is -2.44. The number of carbonyl (C=O) groups excluding carboxylic acids is 1. The number of thiophene rings is 1. The third-order valence-corrected chi connectivity index (χ3v) is 5.15. The van der Waals surface area contributed by atoms with E-state index in [0.29, 0.717) is 23.1 Å². The van der Waals surface area contributed by atoms with E-state index in [0.717, 1.165) is 0 Å². The van der Waals surface area contributed by atoms with Crippen molar-refractivity contribution in [2.45, 2.75) is 25.5 Å². The maximum atomic E-state index is 12.2. The van der Waals surface area contributed by atoms with Crippen LogP contribution in [0.3, 0.4) is 0 Å². The van der Waals surface area contributed by atoms with Crippen LogP contribution in [-0.2, 0) is 9.59 Å². The van der Waals surface area contributed by atoms with Gasteiger partial charge < -0.3 is 20.8 Å². The fourth-order valence-corrected chi connectivity index (χ4v) is 4.34. The number of nitrogens with two attached hydrogens (primary N) is 1. The van der Waals surface area contributed by atoms with Gasteiger partial charge in [0.2, 0.25) is 5.91 Å². The van der Waals surface area contributed by atoms with Crippen LogP contribution in [0.25, 0.3) is 5.57 Å². The van der Waals surface area contributed by atoms with Crippen molar-refractivity contribution in [3.63, 3.8) is 0 Å². The van der Waals surface area contributed by atoms with E-state index in [1.165, 1.54) is 16.2 Å². The second-order valence-electron chi connectivity index (χ2n) is 5.44. The summed E-state index contributed by atoms with van der Waals surface area (Å²) in [7, 11) is 0. The van der Waals surface area contributed by atoms with Crippen molar-refractivity contribution in [1.82, 2.24) is 4.90 Å². The summed E-state index contributed by atoms with van der Waals surface area (Å²) in [6.45, 7) is 1.55. The van der Waals surface area contributed by atoms with Gasteiger partial charge in [-0.3, -0.25) is 4.79 Å². The summed E-state index contributed by atoms with van der Waals surface area (Å²) in [6.07, 6.45) is -0.421. The number of β-lactam (4-membered cyclic amide) rings is 1. The van der Waals surface area contributed by atoms with Crippen LogP contribution < -0.4 is 5.73 Å². The molecule has 1 amide bonds. The van der Waals surface area contributed by atoms with Gasteiger partial charge in [0.15, 0.2) is 0 Å². The van der Waals surface area contributed by atoms with Crippen molar-refractivity contribution in [3.05, 3.63) is 27.6 Å². The predicted molar refractivity (Wildman–Crippen MR) is 85.2 cm³/mol. The van der Waals surface area contributed by atoms with Crippen LogP contribution in [0.15, 0.2) is 16.5 Å². The molecule has 0 bridgehead atoms. The Labute approximate surface area is 135 Å². The van der Waals surface area contributed by atoms with Gasteiger partial charge in [0, 0.05) is 16.5 Å². The van der Waals surface area contributed by atoms with Crippen molar-refractivity contribution < 1.29 is 19.8 Å². The van der Waals surface area contributed by atoms with Crippen molar-refractivity contribution in [2.24, 2.45) is 11.7 Å². The van der Waals surface area contributed by atoms with Crippen LogP contribution >= 0.6 is 23.6 Å². The summed E-state index contributed by atoms with van der Waals surface area (Å²) in [5, 5.41) is 22.8. The topological polar surface area (TPSA) is 104 Å². The van der Waals surface area contributed by atoms with Crippen LogP contribution in [0.5, 0.6) is 0 Å². The molecule has 0 unspecified atom stereocenters. The molecule has 0 aromatic carbocycles. The highest BCUT2D eigenvalue weighted by Gasteiger charge is 2.56. The highest BCUT2D eigenvalue weighted by atomic mass is 32.1. The zero-order chi connectivity index (χ0) is 16.2. The predicted octanol–water partition coefficient (Wildman–Crippen LogP) is 0.789. The average Bonchev–Trinajstić information content (AvgIpc) is 2.99. The van der Waals surface area contributed by atoms with Crippen LogP contribution in [0.1, 0.15) is 24.5 Å². The van der Waals surface area contributed by atoms with Crippen LogP contribution in [0.2, 0.25) is 0 Å². The third kappa shape index (κ3) is 1.98. The van der Waals surface area contributed by atoms with Crippen LogP contribution in [-0.4, -0.2) is 44.1 Å². The SMILES string of the molecule is C[C@@H](O)[C@H]1C(=O)N2C(C(=O)O)=C(c3cscc3C(N)=S)C[C@H]12. The number of aliphatic hydroxyl groups is 1. The third-order valence-electron chi connectivity index (χ3n) is 4.18. The first-order valence-corrected chi connectivity index (χ1v) is 8.03. The molecule has 0 aliphatic carbocycles. The number of aliphatic carboxylic acids is 1. The minimum atomic E-state index is -1.16. The minimum Gasteiger partial charge on any atom is -0.477 e. The second-order valence-corrected chi connectivity index (χ2v) is 6.63. The highest BCUT2D eigenvalue weighted by Crippen LogP contribution is 2.47. The Kier molecular flexibility index (Phi) is 3.54. The average molecular weight is 338 g/mol. The number of aliphatic hydroxyl groups excluding tert-OH is 1. The Hall–Kier alpha value is -1.77. The zero-order valence-electron chi connectivity index (χ0n) is 11.6. The number of hydrogen-bond donors (Lipinski definition) is 3. The quantitative estimate of drug-likeness (QED) is 0.554. The van der Waals surface area contributed by atoms with E-state index in [1.54, 1.807) is 17.7 Å². The Morgan fingerprint density at radius 2 is 2.23 bits per heavy atom. The fraction of sp³-hybridized carbons (Fsp3) is 0.357. The molecule has 6 nitrogen and oxygen atoms in total. The fourth-order valence-electron chi connectivity index (χ4n) is 3.23. The number of rotatable bonds is 4. The van der Waals surface area contributed by atoms with Crippen molar-refractivity contribution >= 4 is 46.0 Å². The summed E-state index contributed by atoms with van der Waals surface area (Å²) in [6, 6.07) is -0.312. The first kappa shape index (κ1) is 15.1. The molecule has 1 aromatic rings. The summed E-state index contributed by atoms with van der Waals surface area (Å²) in [5.41, 5.74) is 7.50. The lowest BCUT2D eigenvalue weighted by atomic mass is 9.82. The molecule has 1 fully saturated rings. The van der Waals surface area contributed by atoms with E-state index in [-0.39, 0.29) is 22.6 Å². The molecule has 1 saturated heterocycles. The molecule has 2 aliphatic rings. The van der Waals surface area contributed by atoms with E-state index in [2.05, 4.69) is 0 Å². The maximum Gasteiger partial charge on any atom is 0.352 e. The number of nitrogens with zero attached hydrogens (tertiary/aromatic N) is 1. The Morgan fingerprint density at radius 1 is 1.55 bits per heavy atom. The number of hydrogen-bond acceptors (Lipinski definition) is 5. The zero-order valence-corrected chi connectivity index (χ0v) is 13.3. The lowest BCUT2D eigenvalue weighted by molar-refractivity contribution is -0.161. The lowest BCUT2D eigenvalue weighted by Crippen LogP contribution is -2.61. The van der Waals surface area contributed by atoms with Gasteiger partial charge in [0.1, 0.15) is 10.7 Å². The van der Waals surface area contributed by atoms with Crippen LogP contribution in [0.4, 0.5) is 0 Å². The van der Waals surface area contributed by atoms with Gasteiger partial charge in [-0.1, -0.05) is 12.2 Å². The standard InChI is InChI=1S/C14H14N2O4S2/c1-5(17)10-9-2-6(7-3-22-4-8(7)12(15)21)11(14(19)20)16(9)13(10)18/h3-5,9-10,17H,2H2,1H3,(H2,15,21)(H,19,20)/t5-,9-,10-/m1/s1. The second kappa shape index (κ2) is 5.15. The van der Waals surface area contributed by atoms with Gasteiger partial charge in [-0.2, -0.15) is 11.3 Å². The largest absolute Gasteiger partial charge is 0.477 e. The van der Waals surface area contributed by atoms with Gasteiger partial charge in [-0.25, -0.2) is 4.79 Å². The molecule has 0 spiro atoms. The van der Waals surface area contributed by atoms with Crippen molar-refractivity contribution in [2.75, 3.05) is 0 Å². The molecule has 3 rings (SSSR count). The van der Waals surface area contributed by atoms with Gasteiger partial charge >= 0.3 is 5.97 Å². The Bertz CT molecular complexity index is 722. The summed E-state index contributed by atoms with van der Waals surface area (Å²) in [5.74, 6) is -2.06. The Morgan fingerprint density at radius 3 is 2.77 bits per heavy atom. The number of carboxylic acids is 1. The first-order valence-electron chi connectivity index (χ1n) is 6.68. The summed E-state index contributed by atoms with van der Waals surface area (Å²) in [4.78, 5) is 25.2. The molecule has 8 heteroatoms. The monoisotopic (exact) mass is 338 g/mol. The van der Waals surface area contributed by atoms with Gasteiger partial charge in [0.25, 0.3) is 0 Å². The number of amides is 1. The molecule has 3 atom stereocenters. The van der Waals surface area contributed by atoms with Crippen molar-refractivity contribution in [1.29, 1.82) is 0 Å². The normalized spacial score (nSPS) is 25.0. The van der Waals surface area contributed by atoms with Gasteiger partial charge in [-0.15, -0.1) is 0 Å². The molecule has 116 valence electrons. The molecule has 1 aromatic heterocycles.